The number of carbonyl (C=O) groups excluding carboxylic acids is 15. The fraction of sp³-hybridized carbons (Fsp3) is 0.526. The van der Waals surface area contributed by atoms with Crippen LogP contribution in [0, 0.1) is 11.3 Å². The first kappa shape index (κ1) is 94.5. The number of phenolic OH excluding ortho intramolecular Hbond substituents is 1. The Morgan fingerprint density at radius 3 is 1.81 bits per heavy atom. The molecule has 3 heterocycles. The van der Waals surface area contributed by atoms with Gasteiger partial charge in [0.15, 0.2) is 5.96 Å². The number of primary amides is 1. The van der Waals surface area contributed by atoms with Crippen LogP contribution in [-0.2, 0) is 84.8 Å². The van der Waals surface area contributed by atoms with Crippen molar-refractivity contribution in [1.82, 2.24) is 78.6 Å². The average molecular weight is 1650 g/mol. The standard InChI is InChI=1S/C78H112N20O20/c1-5-6-19-53(91-73(114)59(42-100)95-71(112)56(36-45-26-28-47(102)29-27-45)93-72(113)58(41-99)87-44(4)101)70(111)92-54(30-31-64(105)106)67(108)83-33-14-12-24-61-74(115)90-51-21-10-8-18-49(51)76(117)98(61)40-63(104)88-52(23-15-34-84-78(81)82)69(110)94-57(37-46-38-85-50-20-9-7-17-48(46)50)68(109)86-39-62(103)89-55(22-11-13-32-79)77(118)97-35-16-25-60(97)75(116)96-65(43(2)3)66(80)107/h7-10,17-18,20-21,26-29,38,43,52-61,65,85,99-100,102H,5-6,11-16,19,22-25,30-37,39-42,79H2,1-4H3,(H2,80,107)(H,83,108)(H,86,109)(H,87,101)(H,88,104)(H,89,103)(H,90,115)(H,91,114)(H,92,111)(H,93,113)(H,94,110)(H,95,112)(H,96,116)(H,105,106)(H4,81,82,84)/t52-,53-,54-,55-,56-,57-,58-,59-,60-,61?,65-/m0/s1. The first-order chi connectivity index (χ1) is 56.3. The highest BCUT2D eigenvalue weighted by molar-refractivity contribution is 6.11. The van der Waals surface area contributed by atoms with Gasteiger partial charge in [0, 0.05) is 62.9 Å². The van der Waals surface area contributed by atoms with Crippen LogP contribution in [0.4, 0.5) is 5.69 Å². The molecule has 0 spiro atoms. The molecule has 1 saturated heterocycles. The smallest absolute Gasteiger partial charge is 0.303 e. The largest absolute Gasteiger partial charge is 0.508 e. The Hall–Kier alpha value is -12.3. The zero-order valence-electron chi connectivity index (χ0n) is 66.6. The van der Waals surface area contributed by atoms with Crippen LogP contribution in [0.2, 0.25) is 0 Å². The van der Waals surface area contributed by atoms with Gasteiger partial charge in [0.25, 0.3) is 5.91 Å². The summed E-state index contributed by atoms with van der Waals surface area (Å²) in [6, 6.07) is 3.28. The van der Waals surface area contributed by atoms with Crippen molar-refractivity contribution in [1.29, 1.82) is 5.41 Å². The number of aromatic nitrogens is 1. The number of carboxylic acids is 1. The Bertz CT molecular complexity index is 4200. The Kier molecular flexibility index (Phi) is 38.2. The number of hydrogen-bond donors (Lipinski definition) is 22. The van der Waals surface area contributed by atoms with Crippen molar-refractivity contribution in [2.75, 3.05) is 57.8 Å². The fourth-order valence-electron chi connectivity index (χ4n) is 13.5. The maximum Gasteiger partial charge on any atom is 0.303 e. The number of aliphatic hydroxyl groups excluding tert-OH is 2. The second-order valence-corrected chi connectivity index (χ2v) is 29.3. The second-order valence-electron chi connectivity index (χ2n) is 29.3. The summed E-state index contributed by atoms with van der Waals surface area (Å²) in [4.78, 5) is 225. The Morgan fingerprint density at radius 2 is 1.17 bits per heavy atom. The molecule has 4 aromatic rings. The van der Waals surface area contributed by atoms with E-state index in [1.54, 1.807) is 57.3 Å². The van der Waals surface area contributed by atoms with Crippen LogP contribution in [-0.4, -0.2) is 255 Å². The van der Waals surface area contributed by atoms with E-state index in [4.69, 9.17) is 22.6 Å². The van der Waals surface area contributed by atoms with E-state index in [1.807, 2.05) is 0 Å². The summed E-state index contributed by atoms with van der Waals surface area (Å²) in [7, 11) is 0. The van der Waals surface area contributed by atoms with Gasteiger partial charge in [0.2, 0.25) is 82.7 Å². The number of nitrogens with two attached hydrogens (primary N) is 3. The summed E-state index contributed by atoms with van der Waals surface area (Å²) >= 11 is 0. The van der Waals surface area contributed by atoms with Crippen LogP contribution in [0.25, 0.3) is 10.9 Å². The minimum Gasteiger partial charge on any atom is -0.508 e. The number of aromatic amines is 1. The highest BCUT2D eigenvalue weighted by atomic mass is 16.4. The molecular weight excluding hydrogens is 1540 g/mol. The van der Waals surface area contributed by atoms with E-state index in [0.717, 1.165) is 11.8 Å². The number of H-pyrrole nitrogens is 1. The number of rotatable bonds is 49. The Balaban J connectivity index is 1.15. The minimum absolute atomic E-state index is 0.00106. The van der Waals surface area contributed by atoms with Gasteiger partial charge in [-0.25, -0.2) is 0 Å². The molecule has 3 aromatic carbocycles. The van der Waals surface area contributed by atoms with Crippen LogP contribution in [0.3, 0.4) is 0 Å². The number of fused-ring (bicyclic) bond motifs is 2. The predicted octanol–water partition coefficient (Wildman–Crippen LogP) is -3.53. The van der Waals surface area contributed by atoms with Gasteiger partial charge in [-0.15, -0.1) is 0 Å². The Morgan fingerprint density at radius 1 is 0.602 bits per heavy atom. The SMILES string of the molecule is CCCC[C@H](NC(=O)[C@H](CO)NC(=O)[C@H](Cc1ccc(O)cc1)NC(=O)[C@H](CO)NC(C)=O)C(=O)N[C@@H](CCC(=O)O)C(=O)NCCCCC1C(=O)Nc2ccccc2C(=O)N1CC(=O)N[C@@H](CCCNC(=N)N)C(=O)N[C@@H](Cc1c[nH]c2ccccc12)C(=O)NCC(=O)N[C@@H](CCCCN)C(=O)N1CCC[C@H]1C(=O)N[C@H](C(N)=O)C(C)C. The number of para-hydroxylation sites is 2. The van der Waals surface area contributed by atoms with Gasteiger partial charge in [0.05, 0.1) is 31.0 Å². The van der Waals surface area contributed by atoms with E-state index in [0.29, 0.717) is 54.1 Å². The molecule has 2 aliphatic heterocycles. The average Bonchev–Trinajstić information content (AvgIpc) is 1.65. The van der Waals surface area contributed by atoms with Crippen molar-refractivity contribution in [3.05, 3.63) is 95.7 Å². The monoisotopic (exact) mass is 1650 g/mol. The lowest BCUT2D eigenvalue weighted by Gasteiger charge is -2.30. The summed E-state index contributed by atoms with van der Waals surface area (Å²) in [5.74, 6) is -14.8. The van der Waals surface area contributed by atoms with E-state index < -0.39 is 206 Å². The normalized spacial score (nSPS) is 16.0. The molecule has 11 atom stereocenters. The molecule has 0 saturated carbocycles. The summed E-state index contributed by atoms with van der Waals surface area (Å²) in [5, 5.41) is 81.5. The minimum atomic E-state index is -1.77. The number of amides is 15. The lowest BCUT2D eigenvalue weighted by molar-refractivity contribution is -0.142. The van der Waals surface area contributed by atoms with Gasteiger partial charge in [-0.2, -0.15) is 0 Å². The van der Waals surface area contributed by atoms with Crippen molar-refractivity contribution in [2.45, 2.75) is 203 Å². The number of aliphatic hydroxyl groups is 2. The van der Waals surface area contributed by atoms with Gasteiger partial charge in [-0.3, -0.25) is 82.1 Å². The van der Waals surface area contributed by atoms with Crippen molar-refractivity contribution < 1.29 is 97.1 Å². The van der Waals surface area contributed by atoms with E-state index in [1.165, 1.54) is 47.4 Å². The topological polar surface area (TPSA) is 635 Å². The fourth-order valence-corrected chi connectivity index (χ4v) is 13.5. The first-order valence-corrected chi connectivity index (χ1v) is 39.4. The third kappa shape index (κ3) is 29.4. The van der Waals surface area contributed by atoms with Crippen LogP contribution in [0.1, 0.15) is 145 Å². The van der Waals surface area contributed by atoms with E-state index in [9.17, 15) is 97.1 Å². The van der Waals surface area contributed by atoms with E-state index in [-0.39, 0.29) is 113 Å². The number of nitrogens with one attached hydrogen (secondary N) is 15. The molecule has 40 nitrogen and oxygen atoms in total. The molecule has 40 heteroatoms. The zero-order valence-corrected chi connectivity index (χ0v) is 66.6. The number of nitrogens with zero attached hydrogens (tertiary/aromatic N) is 2. The molecule has 1 fully saturated rings. The zero-order chi connectivity index (χ0) is 86.7. The van der Waals surface area contributed by atoms with Gasteiger partial charge in [-0.1, -0.05) is 76.1 Å². The highest BCUT2D eigenvalue weighted by Gasteiger charge is 2.42. The van der Waals surface area contributed by atoms with Crippen molar-refractivity contribution in [3.8, 4) is 5.75 Å². The molecular formula is C78H112N20O20. The number of benzene rings is 3. The summed E-state index contributed by atoms with van der Waals surface area (Å²) in [6.45, 7) is 3.11. The maximum absolute atomic E-state index is 14.9. The maximum atomic E-state index is 14.9. The molecule has 118 heavy (non-hydrogen) atoms. The number of guanidine groups is 1. The van der Waals surface area contributed by atoms with Crippen molar-refractivity contribution in [3.63, 3.8) is 0 Å². The molecule has 0 aliphatic carbocycles. The quantitative estimate of drug-likeness (QED) is 0.0116. The van der Waals surface area contributed by atoms with Crippen LogP contribution < -0.4 is 86.3 Å². The van der Waals surface area contributed by atoms with Crippen molar-refractivity contribution >= 4 is 117 Å². The van der Waals surface area contributed by atoms with Crippen LogP contribution >= 0.6 is 0 Å². The van der Waals surface area contributed by atoms with Gasteiger partial charge < -0.3 is 122 Å². The van der Waals surface area contributed by atoms with Gasteiger partial charge >= 0.3 is 5.97 Å². The number of hydrogen-bond acceptors (Lipinski definition) is 21. The molecule has 644 valence electrons. The molecule has 6 rings (SSSR count). The number of carbonyl (C=O) groups is 16. The lowest BCUT2D eigenvalue weighted by Crippen LogP contribution is -2.60. The lowest BCUT2D eigenvalue weighted by atomic mass is 10.0. The second kappa shape index (κ2) is 47.6. The molecule has 25 N–H and O–H groups in total. The number of likely N-dealkylation sites (tertiary alicyclic amines) is 1. The Labute approximate surface area is 681 Å². The predicted molar refractivity (Wildman–Crippen MR) is 428 cm³/mol. The summed E-state index contributed by atoms with van der Waals surface area (Å²) < 4.78 is 0. The van der Waals surface area contributed by atoms with Crippen molar-refractivity contribution in [2.24, 2.45) is 23.1 Å². The molecule has 0 bridgehead atoms. The molecule has 0 radical (unpaired) electrons. The third-order valence-electron chi connectivity index (χ3n) is 19.8. The molecule has 1 unspecified atom stereocenters. The molecule has 1 aromatic heterocycles. The summed E-state index contributed by atoms with van der Waals surface area (Å²) in [5.41, 5.74) is 18.7. The summed E-state index contributed by atoms with van der Waals surface area (Å²) in [6.07, 6.45) is 2.39. The number of aliphatic carboxylic acids is 1. The number of anilines is 1. The van der Waals surface area contributed by atoms with Gasteiger partial charge in [-0.05, 0) is 131 Å². The highest BCUT2D eigenvalue weighted by Crippen LogP contribution is 2.27. The first-order valence-electron chi connectivity index (χ1n) is 39.4. The number of carboxylic acid groups (broad SMARTS) is 1. The number of phenols is 1. The van der Waals surface area contributed by atoms with Crippen LogP contribution in [0.15, 0.2) is 79.0 Å². The van der Waals surface area contributed by atoms with E-state index >= 15 is 0 Å². The number of unbranched alkanes of at least 4 members (excludes halogenated alkanes) is 3. The third-order valence-corrected chi connectivity index (χ3v) is 19.8. The molecule has 15 amide bonds. The van der Waals surface area contributed by atoms with Crippen LogP contribution in [0.5, 0.6) is 5.75 Å². The van der Waals surface area contributed by atoms with E-state index in [2.05, 4.69) is 74.1 Å². The van der Waals surface area contributed by atoms with Gasteiger partial charge in [0.1, 0.15) is 78.8 Å². The molecule has 2 aliphatic rings. The number of aromatic hydroxyl groups is 1.